The van der Waals surface area contributed by atoms with Crippen LogP contribution in [0.1, 0.15) is 13.8 Å². The van der Waals surface area contributed by atoms with Crippen LogP contribution < -0.4 is 5.32 Å². The maximum atomic E-state index is 11.7. The second kappa shape index (κ2) is 5.25. The standard InChI is InChI=1S/C9H16N2O3S/c1-6-5-15-4-3-11(6)9(14)10-7(2)8(12)13/h6-7H,3-5H2,1-2H3,(H,10,14)(H,12,13)/t6?,7-/m1/s1. The number of aliphatic carboxylic acids is 1. The highest BCUT2D eigenvalue weighted by Gasteiger charge is 2.25. The molecule has 1 aliphatic heterocycles. The first-order valence-corrected chi connectivity index (χ1v) is 6.05. The number of nitrogens with one attached hydrogen (secondary N) is 1. The van der Waals surface area contributed by atoms with Gasteiger partial charge in [-0.05, 0) is 13.8 Å². The van der Waals surface area contributed by atoms with Gasteiger partial charge in [0, 0.05) is 24.1 Å². The highest BCUT2D eigenvalue weighted by Crippen LogP contribution is 2.15. The molecule has 0 bridgehead atoms. The van der Waals surface area contributed by atoms with E-state index in [2.05, 4.69) is 5.32 Å². The van der Waals surface area contributed by atoms with Crippen LogP contribution in [0.2, 0.25) is 0 Å². The van der Waals surface area contributed by atoms with E-state index in [1.54, 1.807) is 4.90 Å². The number of urea groups is 1. The summed E-state index contributed by atoms with van der Waals surface area (Å²) >= 11 is 1.81. The second-order valence-electron chi connectivity index (χ2n) is 3.63. The Labute approximate surface area is 93.2 Å². The Kier molecular flexibility index (Phi) is 4.26. The smallest absolute Gasteiger partial charge is 0.325 e. The van der Waals surface area contributed by atoms with Crippen molar-refractivity contribution in [2.45, 2.75) is 25.9 Å². The zero-order valence-corrected chi connectivity index (χ0v) is 9.71. The molecule has 1 aliphatic rings. The van der Waals surface area contributed by atoms with Crippen molar-refractivity contribution in [1.29, 1.82) is 0 Å². The number of carboxylic acids is 1. The molecular formula is C9H16N2O3S. The molecule has 1 rings (SSSR count). The van der Waals surface area contributed by atoms with Gasteiger partial charge in [0.25, 0.3) is 0 Å². The van der Waals surface area contributed by atoms with Crippen LogP contribution in [0.3, 0.4) is 0 Å². The Morgan fingerprint density at radius 2 is 2.27 bits per heavy atom. The number of carboxylic acid groups (broad SMARTS) is 1. The molecule has 0 saturated carbocycles. The molecule has 15 heavy (non-hydrogen) atoms. The van der Waals surface area contributed by atoms with Gasteiger partial charge in [0.1, 0.15) is 6.04 Å². The summed E-state index contributed by atoms with van der Waals surface area (Å²) in [6.45, 7) is 4.12. The van der Waals surface area contributed by atoms with Crippen molar-refractivity contribution in [2.24, 2.45) is 0 Å². The van der Waals surface area contributed by atoms with E-state index in [4.69, 9.17) is 5.11 Å². The lowest BCUT2D eigenvalue weighted by atomic mass is 10.3. The highest BCUT2D eigenvalue weighted by atomic mass is 32.2. The van der Waals surface area contributed by atoms with Crippen molar-refractivity contribution in [2.75, 3.05) is 18.1 Å². The molecule has 0 aromatic carbocycles. The maximum Gasteiger partial charge on any atom is 0.325 e. The Balaban J connectivity index is 2.48. The number of rotatable bonds is 2. The van der Waals surface area contributed by atoms with Crippen LogP contribution in [0.15, 0.2) is 0 Å². The van der Waals surface area contributed by atoms with Gasteiger partial charge in [-0.25, -0.2) is 4.79 Å². The molecule has 1 heterocycles. The van der Waals surface area contributed by atoms with Crippen LogP contribution in [0.4, 0.5) is 4.79 Å². The van der Waals surface area contributed by atoms with Crippen molar-refractivity contribution in [3.8, 4) is 0 Å². The van der Waals surface area contributed by atoms with Crippen LogP contribution in [-0.2, 0) is 4.79 Å². The lowest BCUT2D eigenvalue weighted by Crippen LogP contribution is -2.52. The summed E-state index contributed by atoms with van der Waals surface area (Å²) in [4.78, 5) is 23.9. The number of hydrogen-bond acceptors (Lipinski definition) is 3. The van der Waals surface area contributed by atoms with Crippen LogP contribution >= 0.6 is 11.8 Å². The second-order valence-corrected chi connectivity index (χ2v) is 4.78. The first kappa shape index (κ1) is 12.2. The van der Waals surface area contributed by atoms with Crippen molar-refractivity contribution >= 4 is 23.8 Å². The predicted molar refractivity (Wildman–Crippen MR) is 59.1 cm³/mol. The van der Waals surface area contributed by atoms with E-state index in [0.717, 1.165) is 11.5 Å². The molecule has 0 aromatic heterocycles. The summed E-state index contributed by atoms with van der Waals surface area (Å²) in [5, 5.41) is 11.1. The summed E-state index contributed by atoms with van der Waals surface area (Å²) in [6.07, 6.45) is 0. The topological polar surface area (TPSA) is 69.6 Å². The average Bonchev–Trinajstić information content (AvgIpc) is 2.18. The van der Waals surface area contributed by atoms with Crippen molar-refractivity contribution in [1.82, 2.24) is 10.2 Å². The van der Waals surface area contributed by atoms with Crippen molar-refractivity contribution < 1.29 is 14.7 Å². The van der Waals surface area contributed by atoms with Gasteiger partial charge >= 0.3 is 12.0 Å². The average molecular weight is 232 g/mol. The Morgan fingerprint density at radius 3 is 2.80 bits per heavy atom. The molecule has 6 heteroatoms. The lowest BCUT2D eigenvalue weighted by Gasteiger charge is -2.33. The summed E-state index contributed by atoms with van der Waals surface area (Å²) in [7, 11) is 0. The fraction of sp³-hybridized carbons (Fsp3) is 0.778. The third-order valence-electron chi connectivity index (χ3n) is 2.34. The molecule has 0 spiro atoms. The van der Waals surface area contributed by atoms with Crippen LogP contribution in [0.25, 0.3) is 0 Å². The molecule has 0 aromatic rings. The Morgan fingerprint density at radius 1 is 1.60 bits per heavy atom. The quantitative estimate of drug-likeness (QED) is 0.731. The van der Waals surface area contributed by atoms with E-state index in [0.29, 0.717) is 6.54 Å². The number of carbonyl (C=O) groups is 2. The largest absolute Gasteiger partial charge is 0.480 e. The number of nitrogens with zero attached hydrogens (tertiary/aromatic N) is 1. The SMILES string of the molecule is CC1CSCCN1C(=O)N[C@H](C)C(=O)O. The number of hydrogen-bond donors (Lipinski definition) is 2. The minimum absolute atomic E-state index is 0.171. The van der Waals surface area contributed by atoms with E-state index in [1.165, 1.54) is 6.92 Å². The van der Waals surface area contributed by atoms with Gasteiger partial charge in [-0.3, -0.25) is 4.79 Å². The summed E-state index contributed by atoms with van der Waals surface area (Å²) < 4.78 is 0. The maximum absolute atomic E-state index is 11.7. The fourth-order valence-corrected chi connectivity index (χ4v) is 2.37. The first-order valence-electron chi connectivity index (χ1n) is 4.90. The third-order valence-corrected chi connectivity index (χ3v) is 3.53. The van der Waals surface area contributed by atoms with E-state index in [-0.39, 0.29) is 12.1 Å². The molecule has 1 saturated heterocycles. The first-order chi connectivity index (χ1) is 7.02. The molecule has 1 fully saturated rings. The van der Waals surface area contributed by atoms with Crippen LogP contribution in [-0.4, -0.2) is 52.1 Å². The summed E-state index contributed by atoms with van der Waals surface area (Å²) in [5.41, 5.74) is 0. The zero-order valence-electron chi connectivity index (χ0n) is 8.90. The van der Waals surface area contributed by atoms with E-state index in [9.17, 15) is 9.59 Å². The van der Waals surface area contributed by atoms with Gasteiger partial charge in [0.15, 0.2) is 0 Å². The minimum atomic E-state index is -1.01. The molecule has 2 atom stereocenters. The van der Waals surface area contributed by atoms with Crippen LogP contribution in [0.5, 0.6) is 0 Å². The lowest BCUT2D eigenvalue weighted by molar-refractivity contribution is -0.138. The normalized spacial score (nSPS) is 23.3. The van der Waals surface area contributed by atoms with Gasteiger partial charge < -0.3 is 15.3 Å². The molecule has 1 unspecified atom stereocenters. The summed E-state index contributed by atoms with van der Waals surface area (Å²) in [5.74, 6) is 0.816. The number of carbonyl (C=O) groups excluding carboxylic acids is 1. The minimum Gasteiger partial charge on any atom is -0.480 e. The van der Waals surface area contributed by atoms with Crippen molar-refractivity contribution in [3.05, 3.63) is 0 Å². The van der Waals surface area contributed by atoms with E-state index in [1.807, 2.05) is 18.7 Å². The molecular weight excluding hydrogens is 216 g/mol. The van der Waals surface area contributed by atoms with Crippen LogP contribution in [0, 0.1) is 0 Å². The zero-order chi connectivity index (χ0) is 11.4. The number of amides is 2. The summed E-state index contributed by atoms with van der Waals surface area (Å²) in [6, 6.07) is -0.943. The molecule has 86 valence electrons. The van der Waals surface area contributed by atoms with Gasteiger partial charge in [0.05, 0.1) is 0 Å². The van der Waals surface area contributed by atoms with Gasteiger partial charge in [-0.15, -0.1) is 0 Å². The Hall–Kier alpha value is -0.910. The molecule has 0 radical (unpaired) electrons. The monoisotopic (exact) mass is 232 g/mol. The van der Waals surface area contributed by atoms with Gasteiger partial charge in [0.2, 0.25) is 0 Å². The highest BCUT2D eigenvalue weighted by molar-refractivity contribution is 7.99. The van der Waals surface area contributed by atoms with Crippen molar-refractivity contribution in [3.63, 3.8) is 0 Å². The number of thioether (sulfide) groups is 1. The van der Waals surface area contributed by atoms with Gasteiger partial charge in [-0.2, -0.15) is 11.8 Å². The Bertz CT molecular complexity index is 260. The fourth-order valence-electron chi connectivity index (χ4n) is 1.36. The molecule has 5 nitrogen and oxygen atoms in total. The van der Waals surface area contributed by atoms with E-state index >= 15 is 0 Å². The molecule has 2 N–H and O–H groups in total. The predicted octanol–water partition coefficient (Wildman–Crippen LogP) is 0.606. The van der Waals surface area contributed by atoms with E-state index < -0.39 is 12.0 Å². The van der Waals surface area contributed by atoms with Gasteiger partial charge in [-0.1, -0.05) is 0 Å². The molecule has 0 aliphatic carbocycles. The molecule has 2 amide bonds. The third kappa shape index (κ3) is 3.30.